The molecule has 1 atom stereocenters. The van der Waals surface area contributed by atoms with Gasteiger partial charge in [0.1, 0.15) is 11.7 Å². The zero-order valence-corrected chi connectivity index (χ0v) is 15.4. The number of aliphatic hydroxyl groups excluding tert-OH is 1. The number of benzene rings is 1. The number of carbonyl (C=O) groups excluding carboxylic acids is 1. The molecule has 25 heavy (non-hydrogen) atoms. The monoisotopic (exact) mass is 365 g/mol. The Morgan fingerprint density at radius 3 is 2.76 bits per heavy atom. The first-order valence-corrected chi connectivity index (χ1v) is 9.05. The lowest BCUT2D eigenvalue weighted by Gasteiger charge is -2.34. The van der Waals surface area contributed by atoms with Gasteiger partial charge in [-0.1, -0.05) is 18.2 Å². The molecule has 1 saturated heterocycles. The van der Waals surface area contributed by atoms with Gasteiger partial charge in [0, 0.05) is 16.8 Å². The summed E-state index contributed by atoms with van der Waals surface area (Å²) in [4.78, 5) is 14.4. The molecule has 1 aromatic heterocycles. The molecule has 1 aromatic carbocycles. The molecule has 1 aliphatic rings. The van der Waals surface area contributed by atoms with Gasteiger partial charge in [-0.3, -0.25) is 0 Å². The Morgan fingerprint density at radius 2 is 2.08 bits per heavy atom. The van der Waals surface area contributed by atoms with Crippen LogP contribution in [0.25, 0.3) is 10.1 Å². The van der Waals surface area contributed by atoms with E-state index in [2.05, 4.69) is 0 Å². The molecule has 0 saturated carbocycles. The highest BCUT2D eigenvalue weighted by atomic mass is 32.1. The molecule has 0 spiro atoms. The van der Waals surface area contributed by atoms with Gasteiger partial charge in [-0.25, -0.2) is 4.79 Å². The van der Waals surface area contributed by atoms with Crippen LogP contribution in [0.1, 0.15) is 43.6 Å². The minimum atomic E-state index is -1.58. The summed E-state index contributed by atoms with van der Waals surface area (Å²) in [6, 6.07) is 7.68. The van der Waals surface area contributed by atoms with Crippen LogP contribution in [0.5, 0.6) is 0 Å². The molecule has 7 heteroatoms. The van der Waals surface area contributed by atoms with E-state index in [1.807, 2.05) is 45.0 Å². The van der Waals surface area contributed by atoms with E-state index in [1.54, 1.807) is 4.90 Å². The highest BCUT2D eigenvalue weighted by molar-refractivity contribution is 7.19. The smallest absolute Gasteiger partial charge is 0.410 e. The van der Waals surface area contributed by atoms with Crippen LogP contribution < -0.4 is 0 Å². The first-order valence-electron chi connectivity index (χ1n) is 8.23. The molecule has 0 bridgehead atoms. The van der Waals surface area contributed by atoms with E-state index in [9.17, 15) is 15.0 Å². The summed E-state index contributed by atoms with van der Waals surface area (Å²) in [6.07, 6.45) is -2.38. The third-order valence-electron chi connectivity index (χ3n) is 3.94. The van der Waals surface area contributed by atoms with E-state index >= 15 is 0 Å². The number of morpholine rings is 1. The van der Waals surface area contributed by atoms with E-state index in [4.69, 9.17) is 9.47 Å². The van der Waals surface area contributed by atoms with Crippen LogP contribution in [-0.4, -0.2) is 46.5 Å². The maximum Gasteiger partial charge on any atom is 0.410 e. The molecule has 1 aliphatic heterocycles. The number of carbonyl (C=O) groups is 1. The number of thiophene rings is 1. The Bertz CT molecular complexity index is 764. The zero-order valence-electron chi connectivity index (χ0n) is 14.6. The van der Waals surface area contributed by atoms with Gasteiger partial charge in [-0.15, -0.1) is 11.3 Å². The number of ether oxygens (including phenoxy) is 2. The van der Waals surface area contributed by atoms with Crippen LogP contribution >= 0.6 is 11.3 Å². The first-order chi connectivity index (χ1) is 11.8. The van der Waals surface area contributed by atoms with E-state index in [-0.39, 0.29) is 6.09 Å². The van der Waals surface area contributed by atoms with Gasteiger partial charge in [0.2, 0.25) is 0 Å². The minimum absolute atomic E-state index is 0.315. The predicted molar refractivity (Wildman–Crippen MR) is 95.5 cm³/mol. The molecule has 136 valence electrons. The molecular formula is C18H23NO5S. The second-order valence-electron chi connectivity index (χ2n) is 7.04. The van der Waals surface area contributed by atoms with Gasteiger partial charge in [0.05, 0.1) is 18.0 Å². The third-order valence-corrected chi connectivity index (χ3v) is 5.16. The van der Waals surface area contributed by atoms with Gasteiger partial charge in [-0.05, 0) is 32.2 Å². The Labute approximate surface area is 150 Å². The fourth-order valence-corrected chi connectivity index (χ4v) is 4.05. The van der Waals surface area contributed by atoms with Crippen molar-refractivity contribution in [3.8, 4) is 0 Å². The summed E-state index contributed by atoms with van der Waals surface area (Å²) in [6.45, 7) is 6.62. The van der Waals surface area contributed by atoms with Crippen LogP contribution in [0, 0.1) is 0 Å². The second-order valence-corrected chi connectivity index (χ2v) is 8.12. The Kier molecular flexibility index (Phi) is 5.02. The van der Waals surface area contributed by atoms with Crippen LogP contribution in [0.4, 0.5) is 4.79 Å². The molecule has 6 nitrogen and oxygen atoms in total. The Morgan fingerprint density at radius 1 is 1.36 bits per heavy atom. The molecule has 3 rings (SSSR count). The molecule has 0 aliphatic carbocycles. The van der Waals surface area contributed by atoms with Crippen molar-refractivity contribution < 1.29 is 24.5 Å². The Hall–Kier alpha value is -1.67. The van der Waals surface area contributed by atoms with Crippen molar-refractivity contribution >= 4 is 27.5 Å². The SMILES string of the molecule is CC(C)(C)OC(=O)N1CCO[C@H](c2c(C(O)O)sc3ccccc23)C1. The van der Waals surface area contributed by atoms with Crippen molar-refractivity contribution in [2.45, 2.75) is 38.8 Å². The normalized spacial score (nSPS) is 18.8. The van der Waals surface area contributed by atoms with Crippen LogP contribution in [0.15, 0.2) is 24.3 Å². The van der Waals surface area contributed by atoms with Crippen molar-refractivity contribution in [3.05, 3.63) is 34.7 Å². The number of hydrogen-bond donors (Lipinski definition) is 2. The van der Waals surface area contributed by atoms with E-state index in [1.165, 1.54) is 11.3 Å². The summed E-state index contributed by atoms with van der Waals surface area (Å²) in [5.41, 5.74) is 0.177. The van der Waals surface area contributed by atoms with Crippen LogP contribution in [-0.2, 0) is 9.47 Å². The molecule has 2 heterocycles. The fourth-order valence-electron chi connectivity index (χ4n) is 2.92. The average Bonchev–Trinajstić information content (AvgIpc) is 2.93. The largest absolute Gasteiger partial charge is 0.444 e. The third kappa shape index (κ3) is 3.95. The topological polar surface area (TPSA) is 79.2 Å². The summed E-state index contributed by atoms with van der Waals surface area (Å²) in [7, 11) is 0. The van der Waals surface area contributed by atoms with E-state index in [0.29, 0.717) is 24.6 Å². The standard InChI is InChI=1S/C18H23NO5S/c1-18(2,3)24-17(22)19-8-9-23-12(10-19)14-11-6-4-5-7-13(11)25-15(14)16(20)21/h4-7,12,16,20-21H,8-10H2,1-3H3/t12-/m0/s1. The van der Waals surface area contributed by atoms with Crippen LogP contribution in [0.3, 0.4) is 0 Å². The molecule has 1 fully saturated rings. The van der Waals surface area contributed by atoms with Crippen molar-refractivity contribution in [1.82, 2.24) is 4.90 Å². The highest BCUT2D eigenvalue weighted by Gasteiger charge is 2.32. The summed E-state index contributed by atoms with van der Waals surface area (Å²) in [5, 5.41) is 20.5. The molecule has 0 radical (unpaired) electrons. The van der Waals surface area contributed by atoms with Gasteiger partial charge >= 0.3 is 6.09 Å². The summed E-state index contributed by atoms with van der Waals surface area (Å²) < 4.78 is 12.3. The lowest BCUT2D eigenvalue weighted by molar-refractivity contribution is -0.0539. The van der Waals surface area contributed by atoms with Gasteiger partial charge in [0.25, 0.3) is 0 Å². The van der Waals surface area contributed by atoms with Gasteiger partial charge in [-0.2, -0.15) is 0 Å². The minimum Gasteiger partial charge on any atom is -0.444 e. The summed E-state index contributed by atoms with van der Waals surface area (Å²) >= 11 is 1.33. The molecule has 0 unspecified atom stereocenters. The molecule has 2 aromatic rings. The molecule has 1 amide bonds. The van der Waals surface area contributed by atoms with Crippen molar-refractivity contribution in [2.75, 3.05) is 19.7 Å². The van der Waals surface area contributed by atoms with Crippen molar-refractivity contribution in [2.24, 2.45) is 0 Å². The number of aliphatic hydroxyl groups is 2. The first kappa shape index (κ1) is 18.1. The van der Waals surface area contributed by atoms with Crippen molar-refractivity contribution in [3.63, 3.8) is 0 Å². The van der Waals surface area contributed by atoms with Gasteiger partial charge < -0.3 is 24.6 Å². The second kappa shape index (κ2) is 6.92. The molecule has 2 N–H and O–H groups in total. The number of rotatable bonds is 2. The van der Waals surface area contributed by atoms with Crippen LogP contribution in [0.2, 0.25) is 0 Å². The number of nitrogens with zero attached hydrogens (tertiary/aromatic N) is 1. The quantitative estimate of drug-likeness (QED) is 0.799. The maximum absolute atomic E-state index is 12.4. The zero-order chi connectivity index (χ0) is 18.2. The molecular weight excluding hydrogens is 342 g/mol. The average molecular weight is 365 g/mol. The highest BCUT2D eigenvalue weighted by Crippen LogP contribution is 2.40. The summed E-state index contributed by atoms with van der Waals surface area (Å²) in [5.74, 6) is 0. The number of fused-ring (bicyclic) bond motifs is 1. The maximum atomic E-state index is 12.4. The van der Waals surface area contributed by atoms with Crippen molar-refractivity contribution in [1.29, 1.82) is 0 Å². The lowest BCUT2D eigenvalue weighted by Crippen LogP contribution is -2.44. The number of amides is 1. The van der Waals surface area contributed by atoms with E-state index in [0.717, 1.165) is 15.6 Å². The number of hydrogen-bond acceptors (Lipinski definition) is 6. The van der Waals surface area contributed by atoms with E-state index < -0.39 is 18.0 Å². The van der Waals surface area contributed by atoms with Gasteiger partial charge in [0.15, 0.2) is 6.29 Å². The lowest BCUT2D eigenvalue weighted by atomic mass is 10.0. The predicted octanol–water partition coefficient (Wildman–Crippen LogP) is 3.19. The fraction of sp³-hybridized carbons (Fsp3) is 0.500. The Balaban J connectivity index is 1.90.